The van der Waals surface area contributed by atoms with Gasteiger partial charge in [-0.15, -0.1) is 0 Å². The van der Waals surface area contributed by atoms with E-state index in [1.807, 2.05) is 13.0 Å². The maximum absolute atomic E-state index is 12.1. The second-order valence-electron chi connectivity index (χ2n) is 3.95. The fourth-order valence-corrected chi connectivity index (χ4v) is 1.68. The SMILES string of the molecule is CCOc1ccc(/C([O-])=N/[n+]2ccccc2OC)cc1. The summed E-state index contributed by atoms with van der Waals surface area (Å²) in [5.41, 5.74) is 0.492. The standard InChI is InChI=1S/C15H16N2O3/c1-3-20-13-9-7-12(8-10-13)15(18)16-17-11-5-4-6-14(17)19-2/h4-11H,3H2,1-2H3. The molecule has 0 aliphatic heterocycles. The smallest absolute Gasteiger partial charge is 0.398 e. The molecule has 5 heteroatoms. The summed E-state index contributed by atoms with van der Waals surface area (Å²) in [6.45, 7) is 2.50. The third-order valence-electron chi connectivity index (χ3n) is 2.62. The van der Waals surface area contributed by atoms with Gasteiger partial charge in [0.25, 0.3) is 0 Å². The van der Waals surface area contributed by atoms with Crippen LogP contribution in [0.15, 0.2) is 53.8 Å². The number of pyridine rings is 1. The molecule has 0 aliphatic carbocycles. The molecule has 0 fully saturated rings. The van der Waals surface area contributed by atoms with Crippen LogP contribution in [0.3, 0.4) is 0 Å². The van der Waals surface area contributed by atoms with Crippen molar-refractivity contribution in [2.24, 2.45) is 5.10 Å². The Morgan fingerprint density at radius 3 is 2.60 bits per heavy atom. The summed E-state index contributed by atoms with van der Waals surface area (Å²) in [5.74, 6) is 0.878. The maximum Gasteiger partial charge on any atom is 0.398 e. The van der Waals surface area contributed by atoms with Crippen molar-refractivity contribution in [1.82, 2.24) is 0 Å². The van der Waals surface area contributed by atoms with E-state index in [0.717, 1.165) is 5.75 Å². The summed E-state index contributed by atoms with van der Waals surface area (Å²) in [4.78, 5) is 0. The van der Waals surface area contributed by atoms with Gasteiger partial charge < -0.3 is 14.6 Å². The van der Waals surface area contributed by atoms with Crippen LogP contribution in [0.25, 0.3) is 0 Å². The minimum absolute atomic E-state index is 0.345. The van der Waals surface area contributed by atoms with Gasteiger partial charge >= 0.3 is 5.88 Å². The van der Waals surface area contributed by atoms with Gasteiger partial charge in [-0.05, 0) is 40.5 Å². The third kappa shape index (κ3) is 3.26. The van der Waals surface area contributed by atoms with E-state index < -0.39 is 0 Å². The lowest BCUT2D eigenvalue weighted by Crippen LogP contribution is -2.34. The van der Waals surface area contributed by atoms with Crippen molar-refractivity contribution in [1.29, 1.82) is 0 Å². The van der Waals surface area contributed by atoms with Gasteiger partial charge in [-0.3, -0.25) is 0 Å². The molecule has 1 aromatic carbocycles. The number of hydrogen-bond acceptors (Lipinski definition) is 4. The molecular formula is C15H16N2O3. The van der Waals surface area contributed by atoms with Crippen molar-refractivity contribution in [3.05, 3.63) is 54.2 Å². The van der Waals surface area contributed by atoms with Crippen molar-refractivity contribution >= 4 is 5.90 Å². The topological polar surface area (TPSA) is 57.8 Å². The number of methoxy groups -OCH3 is 1. The molecule has 2 aromatic rings. The number of benzene rings is 1. The Morgan fingerprint density at radius 2 is 1.95 bits per heavy atom. The molecule has 0 saturated carbocycles. The Hall–Kier alpha value is -2.56. The number of nitrogens with zero attached hydrogens (tertiary/aromatic N) is 2. The Kier molecular flexibility index (Phi) is 4.55. The summed E-state index contributed by atoms with van der Waals surface area (Å²) < 4.78 is 11.9. The molecule has 0 bridgehead atoms. The summed E-state index contributed by atoms with van der Waals surface area (Å²) in [7, 11) is 1.53. The first kappa shape index (κ1) is 13.9. The lowest BCUT2D eigenvalue weighted by molar-refractivity contribution is -0.686. The van der Waals surface area contributed by atoms with Gasteiger partial charge in [-0.2, -0.15) is 0 Å². The van der Waals surface area contributed by atoms with Crippen LogP contribution in [0.4, 0.5) is 0 Å². The van der Waals surface area contributed by atoms with Crippen LogP contribution in [0.1, 0.15) is 12.5 Å². The highest BCUT2D eigenvalue weighted by atomic mass is 16.5. The minimum atomic E-state index is -0.345. The molecule has 0 N–H and O–H groups in total. The molecule has 0 radical (unpaired) electrons. The lowest BCUT2D eigenvalue weighted by Gasteiger charge is -2.08. The largest absolute Gasteiger partial charge is 0.854 e. The number of ether oxygens (including phenoxy) is 2. The van der Waals surface area contributed by atoms with E-state index in [4.69, 9.17) is 9.47 Å². The Morgan fingerprint density at radius 1 is 1.20 bits per heavy atom. The predicted molar refractivity (Wildman–Crippen MR) is 72.7 cm³/mol. The molecule has 1 heterocycles. The maximum atomic E-state index is 12.1. The van der Waals surface area contributed by atoms with Crippen LogP contribution in [0.2, 0.25) is 0 Å². The zero-order valence-electron chi connectivity index (χ0n) is 11.4. The van der Waals surface area contributed by atoms with Crippen molar-refractivity contribution in [3.8, 4) is 11.6 Å². The van der Waals surface area contributed by atoms with E-state index in [1.54, 1.807) is 42.6 Å². The van der Waals surface area contributed by atoms with Gasteiger partial charge in [0.1, 0.15) is 5.75 Å². The highest BCUT2D eigenvalue weighted by molar-refractivity contribution is 5.90. The van der Waals surface area contributed by atoms with E-state index in [0.29, 0.717) is 18.1 Å². The highest BCUT2D eigenvalue weighted by Crippen LogP contribution is 2.11. The highest BCUT2D eigenvalue weighted by Gasteiger charge is 2.08. The molecule has 2 rings (SSSR count). The van der Waals surface area contributed by atoms with Gasteiger partial charge in [0.2, 0.25) is 6.20 Å². The first-order chi connectivity index (χ1) is 9.74. The molecule has 0 spiro atoms. The fraction of sp³-hybridized carbons (Fsp3) is 0.200. The average molecular weight is 272 g/mol. The second-order valence-corrected chi connectivity index (χ2v) is 3.95. The molecule has 0 aliphatic rings. The first-order valence-corrected chi connectivity index (χ1v) is 6.28. The molecule has 20 heavy (non-hydrogen) atoms. The molecule has 104 valence electrons. The summed E-state index contributed by atoms with van der Waals surface area (Å²) in [6.07, 6.45) is 1.66. The first-order valence-electron chi connectivity index (χ1n) is 6.28. The van der Waals surface area contributed by atoms with Crippen LogP contribution < -0.4 is 19.3 Å². The number of aromatic nitrogens is 1. The van der Waals surface area contributed by atoms with Crippen LogP contribution >= 0.6 is 0 Å². The molecule has 0 saturated heterocycles. The second kappa shape index (κ2) is 6.56. The molecule has 0 amide bonds. The quantitative estimate of drug-likeness (QED) is 0.462. The lowest BCUT2D eigenvalue weighted by atomic mass is 10.2. The van der Waals surface area contributed by atoms with Crippen molar-refractivity contribution in [2.75, 3.05) is 13.7 Å². The molecule has 5 nitrogen and oxygen atoms in total. The van der Waals surface area contributed by atoms with Gasteiger partial charge in [0.15, 0.2) is 0 Å². The van der Waals surface area contributed by atoms with E-state index in [2.05, 4.69) is 5.10 Å². The molecule has 0 unspecified atom stereocenters. The third-order valence-corrected chi connectivity index (χ3v) is 2.62. The van der Waals surface area contributed by atoms with Gasteiger partial charge in [-0.1, -0.05) is 12.1 Å². The average Bonchev–Trinajstić information content (AvgIpc) is 2.49. The predicted octanol–water partition coefficient (Wildman–Crippen LogP) is 0.952. The van der Waals surface area contributed by atoms with Gasteiger partial charge in [-0.25, -0.2) is 0 Å². The van der Waals surface area contributed by atoms with Crippen LogP contribution in [0, 0.1) is 0 Å². The normalized spacial score (nSPS) is 11.2. The Bertz CT molecular complexity index is 594. The Labute approximate surface area is 117 Å². The van der Waals surface area contributed by atoms with Crippen molar-refractivity contribution < 1.29 is 19.3 Å². The van der Waals surface area contributed by atoms with Crippen LogP contribution in [0.5, 0.6) is 11.6 Å². The monoisotopic (exact) mass is 272 g/mol. The zero-order chi connectivity index (χ0) is 14.4. The van der Waals surface area contributed by atoms with Crippen LogP contribution in [-0.4, -0.2) is 19.6 Å². The van der Waals surface area contributed by atoms with E-state index in [-0.39, 0.29) is 5.90 Å². The van der Waals surface area contributed by atoms with Gasteiger partial charge in [0.05, 0.1) is 25.7 Å². The van der Waals surface area contributed by atoms with E-state index in [9.17, 15) is 5.11 Å². The molecule has 0 atom stereocenters. The van der Waals surface area contributed by atoms with Crippen molar-refractivity contribution in [2.45, 2.75) is 6.92 Å². The van der Waals surface area contributed by atoms with Crippen LogP contribution in [-0.2, 0) is 0 Å². The summed E-state index contributed by atoms with van der Waals surface area (Å²) in [5, 5.41) is 16.1. The Balaban J connectivity index is 2.25. The van der Waals surface area contributed by atoms with Gasteiger partial charge in [0, 0.05) is 6.07 Å². The van der Waals surface area contributed by atoms with E-state index >= 15 is 0 Å². The minimum Gasteiger partial charge on any atom is -0.854 e. The van der Waals surface area contributed by atoms with E-state index in [1.165, 1.54) is 11.8 Å². The zero-order valence-corrected chi connectivity index (χ0v) is 11.4. The summed E-state index contributed by atoms with van der Waals surface area (Å²) in [6, 6.07) is 12.2. The van der Waals surface area contributed by atoms with Crippen molar-refractivity contribution in [3.63, 3.8) is 0 Å². The summed E-state index contributed by atoms with van der Waals surface area (Å²) >= 11 is 0. The number of hydrogen-bond donors (Lipinski definition) is 0. The number of rotatable bonds is 5. The molecule has 1 aromatic heterocycles. The fourth-order valence-electron chi connectivity index (χ4n) is 1.68. The molecular weight excluding hydrogens is 256 g/mol.